The van der Waals surface area contributed by atoms with Gasteiger partial charge in [-0.15, -0.1) is 13.2 Å². The summed E-state index contributed by atoms with van der Waals surface area (Å²) in [5, 5.41) is 24.1. The first kappa shape index (κ1) is 21.0. The summed E-state index contributed by atoms with van der Waals surface area (Å²) in [6.07, 6.45) is 5.53. The second kappa shape index (κ2) is 8.37. The Morgan fingerprint density at radius 2 is 2.14 bits per heavy atom. The van der Waals surface area contributed by atoms with Crippen molar-refractivity contribution in [3.8, 4) is 0 Å². The molecule has 0 bridgehead atoms. The quantitative estimate of drug-likeness (QED) is 0.378. The van der Waals surface area contributed by atoms with E-state index in [1.54, 1.807) is 0 Å². The molecule has 0 aliphatic carbocycles. The van der Waals surface area contributed by atoms with Gasteiger partial charge in [0.2, 0.25) is 5.95 Å². The number of ether oxygens (including phenoxy) is 1. The minimum atomic E-state index is -1.27. The van der Waals surface area contributed by atoms with E-state index in [2.05, 4.69) is 46.8 Å². The van der Waals surface area contributed by atoms with Crippen LogP contribution in [0.1, 0.15) is 32.4 Å². The number of hydrogen-bond donors (Lipinski definition) is 4. The number of aliphatic hydroxyl groups excluding tert-OH is 2. The van der Waals surface area contributed by atoms with Crippen molar-refractivity contribution in [2.24, 2.45) is 0 Å². The fourth-order valence-electron chi connectivity index (χ4n) is 3.25. The normalized spacial score (nSPS) is 25.5. The molecule has 28 heavy (non-hydrogen) atoms. The average molecular weight is 411 g/mol. The summed E-state index contributed by atoms with van der Waals surface area (Å²) in [5.41, 5.74) is 0.111. The third-order valence-corrected chi connectivity index (χ3v) is 6.35. The standard InChI is InChI=1S/C18H30N5O4P/c1-5-6-8-19-18-21-15-12(16(26)22-18)20-10-23(15)17-14(25)13(24)11(27-17)7-9-28(2,3)4/h10-11,13-14,17,24-25H,2,5-9H2,1,3-4H3,(H2,19,21,22,26)/t11-,13-,14-,17?/m1/s1. The van der Waals surface area contributed by atoms with Gasteiger partial charge in [-0.25, -0.2) is 4.98 Å². The second-order valence-corrected chi connectivity index (χ2v) is 12.3. The predicted octanol–water partition coefficient (Wildman–Crippen LogP) is 1.05. The van der Waals surface area contributed by atoms with Crippen LogP contribution in [0.2, 0.25) is 0 Å². The summed E-state index contributed by atoms with van der Waals surface area (Å²) in [7, 11) is 0. The molecule has 1 aliphatic heterocycles. The number of nitrogens with zero attached hydrogens (tertiary/aromatic N) is 3. The Morgan fingerprint density at radius 1 is 1.39 bits per heavy atom. The van der Waals surface area contributed by atoms with E-state index in [9.17, 15) is 15.0 Å². The lowest BCUT2D eigenvalue weighted by atomic mass is 10.1. The van der Waals surface area contributed by atoms with Crippen molar-refractivity contribution >= 4 is 30.3 Å². The third kappa shape index (κ3) is 4.49. The molecular formula is C18H30N5O4P. The highest BCUT2D eigenvalue weighted by Crippen LogP contribution is 2.39. The Bertz CT molecular complexity index is 920. The van der Waals surface area contributed by atoms with Gasteiger partial charge in [0.05, 0.1) is 12.4 Å². The van der Waals surface area contributed by atoms with Crippen LogP contribution in [0, 0.1) is 0 Å². The van der Waals surface area contributed by atoms with E-state index in [4.69, 9.17) is 4.74 Å². The molecule has 3 rings (SSSR count). The zero-order valence-electron chi connectivity index (χ0n) is 16.6. The van der Waals surface area contributed by atoms with E-state index < -0.39 is 31.4 Å². The summed E-state index contributed by atoms with van der Waals surface area (Å²) in [4.78, 5) is 23.5. The number of fused-ring (bicyclic) bond motifs is 1. The second-order valence-electron chi connectivity index (χ2n) is 8.01. The highest BCUT2D eigenvalue weighted by molar-refractivity contribution is 7.72. The van der Waals surface area contributed by atoms with Gasteiger partial charge in [-0.3, -0.25) is 14.3 Å². The lowest BCUT2D eigenvalue weighted by Crippen LogP contribution is -2.32. The van der Waals surface area contributed by atoms with Crippen LogP contribution in [0.25, 0.3) is 11.2 Å². The van der Waals surface area contributed by atoms with Crippen molar-refractivity contribution in [3.63, 3.8) is 0 Å². The van der Waals surface area contributed by atoms with Crippen molar-refractivity contribution in [1.82, 2.24) is 19.5 Å². The van der Waals surface area contributed by atoms with Gasteiger partial charge in [-0.2, -0.15) is 4.98 Å². The summed E-state index contributed by atoms with van der Waals surface area (Å²) in [5.74, 6) is 0.348. The van der Waals surface area contributed by atoms with Gasteiger partial charge >= 0.3 is 0 Å². The van der Waals surface area contributed by atoms with Crippen LogP contribution in [-0.4, -0.2) is 80.4 Å². The van der Waals surface area contributed by atoms with Gasteiger partial charge in [-0.1, -0.05) is 13.3 Å². The summed E-state index contributed by atoms with van der Waals surface area (Å²) >= 11 is 0. The van der Waals surface area contributed by atoms with Gasteiger partial charge in [0, 0.05) is 6.54 Å². The number of imidazole rings is 1. The fraction of sp³-hybridized carbons (Fsp3) is 0.667. The van der Waals surface area contributed by atoms with Crippen LogP contribution in [0.5, 0.6) is 0 Å². The fourth-order valence-corrected chi connectivity index (χ4v) is 4.21. The van der Waals surface area contributed by atoms with Crippen molar-refractivity contribution in [2.75, 3.05) is 31.4 Å². The Labute approximate surface area is 164 Å². The molecular weight excluding hydrogens is 381 g/mol. The van der Waals surface area contributed by atoms with Gasteiger partial charge in [0.25, 0.3) is 5.56 Å². The molecule has 156 valence electrons. The Balaban J connectivity index is 1.86. The number of H-pyrrole nitrogens is 1. The van der Waals surface area contributed by atoms with Crippen LogP contribution < -0.4 is 10.9 Å². The summed E-state index contributed by atoms with van der Waals surface area (Å²) in [6, 6.07) is 0. The first-order chi connectivity index (χ1) is 13.2. The SMILES string of the molecule is C=P(C)(C)CC[C@H]1OC(n2cnc3c(=O)[nH]c(NCCCC)nc32)[C@H](O)[C@@H]1O. The van der Waals surface area contributed by atoms with E-state index in [1.807, 2.05) is 0 Å². The van der Waals surface area contributed by atoms with Gasteiger partial charge < -0.3 is 20.3 Å². The molecule has 4 N–H and O–H groups in total. The Kier molecular flexibility index (Phi) is 6.29. The number of aromatic amines is 1. The molecule has 0 aromatic carbocycles. The Morgan fingerprint density at radius 3 is 2.82 bits per heavy atom. The van der Waals surface area contributed by atoms with Crippen molar-refractivity contribution < 1.29 is 14.9 Å². The van der Waals surface area contributed by atoms with Gasteiger partial charge in [-0.05, 0) is 32.3 Å². The van der Waals surface area contributed by atoms with Crippen LogP contribution >= 0.6 is 6.89 Å². The summed E-state index contributed by atoms with van der Waals surface area (Å²) in [6.45, 7) is 5.74. The molecule has 1 saturated heterocycles. The number of rotatable bonds is 8. The first-order valence-electron chi connectivity index (χ1n) is 9.61. The number of anilines is 1. The zero-order chi connectivity index (χ0) is 20.5. The number of aliphatic hydroxyl groups is 2. The Hall–Kier alpha value is -1.67. The van der Waals surface area contributed by atoms with Crippen molar-refractivity contribution in [3.05, 3.63) is 16.7 Å². The molecule has 0 spiro atoms. The first-order valence-corrected chi connectivity index (χ1v) is 12.7. The van der Waals surface area contributed by atoms with E-state index in [1.165, 1.54) is 10.9 Å². The molecule has 3 heterocycles. The molecule has 1 fully saturated rings. The highest BCUT2D eigenvalue weighted by Gasteiger charge is 2.44. The van der Waals surface area contributed by atoms with Gasteiger partial charge in [0.15, 0.2) is 17.4 Å². The number of hydrogen-bond acceptors (Lipinski definition) is 7. The van der Waals surface area contributed by atoms with E-state index in [0.717, 1.165) is 19.0 Å². The highest BCUT2D eigenvalue weighted by atomic mass is 31.2. The van der Waals surface area contributed by atoms with Crippen molar-refractivity contribution in [2.45, 2.75) is 50.7 Å². The zero-order valence-corrected chi connectivity index (χ0v) is 17.5. The summed E-state index contributed by atoms with van der Waals surface area (Å²) < 4.78 is 7.47. The maximum absolute atomic E-state index is 12.3. The molecule has 4 atom stereocenters. The minimum Gasteiger partial charge on any atom is -0.388 e. The van der Waals surface area contributed by atoms with Crippen LogP contribution in [0.15, 0.2) is 11.1 Å². The average Bonchev–Trinajstić information content (AvgIpc) is 3.15. The number of unbranched alkanes of at least 4 members (excludes halogenated alkanes) is 1. The topological polar surface area (TPSA) is 125 Å². The van der Waals surface area contributed by atoms with Crippen LogP contribution in [0.4, 0.5) is 5.95 Å². The monoisotopic (exact) mass is 411 g/mol. The molecule has 0 saturated carbocycles. The predicted molar refractivity (Wildman–Crippen MR) is 113 cm³/mol. The molecule has 2 aromatic rings. The maximum atomic E-state index is 12.3. The van der Waals surface area contributed by atoms with Crippen LogP contribution in [-0.2, 0) is 4.74 Å². The van der Waals surface area contributed by atoms with E-state index >= 15 is 0 Å². The molecule has 0 radical (unpaired) electrons. The number of nitrogens with one attached hydrogen (secondary N) is 2. The lowest BCUT2D eigenvalue weighted by molar-refractivity contribution is -0.0353. The van der Waals surface area contributed by atoms with Gasteiger partial charge in [0.1, 0.15) is 12.2 Å². The molecule has 2 aromatic heterocycles. The largest absolute Gasteiger partial charge is 0.388 e. The van der Waals surface area contributed by atoms with E-state index in [0.29, 0.717) is 24.6 Å². The van der Waals surface area contributed by atoms with Crippen LogP contribution in [0.3, 0.4) is 0 Å². The molecule has 10 heteroatoms. The smallest absolute Gasteiger partial charge is 0.280 e. The molecule has 0 amide bonds. The third-order valence-electron chi connectivity index (χ3n) is 4.89. The molecule has 9 nitrogen and oxygen atoms in total. The number of aromatic nitrogens is 4. The minimum absolute atomic E-state index is 0.166. The van der Waals surface area contributed by atoms with E-state index in [-0.39, 0.29) is 11.1 Å². The molecule has 1 aliphatic rings. The molecule has 1 unspecified atom stereocenters. The van der Waals surface area contributed by atoms with Crippen molar-refractivity contribution in [1.29, 1.82) is 0 Å². The maximum Gasteiger partial charge on any atom is 0.280 e. The lowest BCUT2D eigenvalue weighted by Gasteiger charge is -2.18.